The molecule has 1 aliphatic heterocycles. The van der Waals surface area contributed by atoms with E-state index in [1.807, 2.05) is 7.05 Å². The first kappa shape index (κ1) is 19.8. The number of carbonyl (C=O) groups is 1. The molecule has 7 nitrogen and oxygen atoms in total. The van der Waals surface area contributed by atoms with Crippen molar-refractivity contribution < 1.29 is 17.9 Å². The van der Waals surface area contributed by atoms with Crippen LogP contribution in [-0.2, 0) is 14.8 Å². The number of benzene rings is 1. The van der Waals surface area contributed by atoms with E-state index in [4.69, 9.17) is 16.3 Å². The lowest BCUT2D eigenvalue weighted by atomic mass is 10.2. The van der Waals surface area contributed by atoms with Crippen LogP contribution in [0.2, 0.25) is 5.02 Å². The highest BCUT2D eigenvalue weighted by molar-refractivity contribution is 7.92. The Morgan fingerprint density at radius 1 is 1.28 bits per heavy atom. The normalized spacial score (nSPS) is 17.2. The highest BCUT2D eigenvalue weighted by Gasteiger charge is 2.33. The van der Waals surface area contributed by atoms with Gasteiger partial charge in [0.15, 0.2) is 0 Å². The Bertz CT molecular complexity index is 733. The molecule has 1 atom stereocenters. The van der Waals surface area contributed by atoms with E-state index in [0.29, 0.717) is 24.5 Å². The second-order valence-electron chi connectivity index (χ2n) is 6.18. The molecule has 1 heterocycles. The number of carbonyl (C=O) groups excluding carboxylic acids is 1. The van der Waals surface area contributed by atoms with Gasteiger partial charge in [-0.15, -0.1) is 0 Å². The maximum absolute atomic E-state index is 12.8. The molecule has 0 bridgehead atoms. The van der Waals surface area contributed by atoms with E-state index in [-0.39, 0.29) is 10.9 Å². The van der Waals surface area contributed by atoms with Crippen molar-refractivity contribution in [3.8, 4) is 5.75 Å². The number of ether oxygens (including phenoxy) is 1. The number of hydrogen-bond donors (Lipinski definition) is 0. The molecule has 1 saturated heterocycles. The second-order valence-corrected chi connectivity index (χ2v) is 8.45. The highest BCUT2D eigenvalue weighted by atomic mass is 35.5. The summed E-state index contributed by atoms with van der Waals surface area (Å²) in [6, 6.07) is 3.81. The fourth-order valence-electron chi connectivity index (χ4n) is 2.89. The van der Waals surface area contributed by atoms with Gasteiger partial charge in [-0.05, 0) is 32.2 Å². The number of piperazine rings is 1. The molecule has 0 radical (unpaired) electrons. The number of rotatable bonds is 5. The summed E-state index contributed by atoms with van der Waals surface area (Å²) in [5.74, 6) is 0.224. The van der Waals surface area contributed by atoms with Crippen molar-refractivity contribution in [3.05, 3.63) is 23.2 Å². The lowest BCUT2D eigenvalue weighted by molar-refractivity contribution is -0.133. The van der Waals surface area contributed by atoms with Crippen molar-refractivity contribution in [2.24, 2.45) is 0 Å². The molecular weight excluding hydrogens is 366 g/mol. The van der Waals surface area contributed by atoms with Crippen molar-refractivity contribution in [2.45, 2.75) is 13.0 Å². The Morgan fingerprint density at radius 3 is 2.36 bits per heavy atom. The third-order valence-electron chi connectivity index (χ3n) is 4.27. The Morgan fingerprint density at radius 2 is 1.88 bits per heavy atom. The zero-order valence-corrected chi connectivity index (χ0v) is 16.5. The topological polar surface area (TPSA) is 70.2 Å². The number of sulfonamides is 1. The average molecular weight is 390 g/mol. The summed E-state index contributed by atoms with van der Waals surface area (Å²) in [5, 5.41) is 0.285. The maximum atomic E-state index is 12.8. The average Bonchev–Trinajstić information content (AvgIpc) is 2.54. The van der Waals surface area contributed by atoms with Crippen LogP contribution in [0.15, 0.2) is 18.2 Å². The Balaban J connectivity index is 2.31. The van der Waals surface area contributed by atoms with E-state index >= 15 is 0 Å². The molecule has 1 fully saturated rings. The summed E-state index contributed by atoms with van der Waals surface area (Å²) < 4.78 is 30.9. The van der Waals surface area contributed by atoms with Gasteiger partial charge >= 0.3 is 0 Å². The summed E-state index contributed by atoms with van der Waals surface area (Å²) in [6.07, 6.45) is 1.08. The number of methoxy groups -OCH3 is 1. The SMILES string of the molecule is COc1ccc(N(C(C)C(=O)N2CCN(C)CC2)S(C)(=O)=O)cc1Cl. The van der Waals surface area contributed by atoms with Crippen LogP contribution in [0.4, 0.5) is 5.69 Å². The van der Waals surface area contributed by atoms with Crippen LogP contribution in [0.25, 0.3) is 0 Å². The molecule has 1 amide bonds. The molecule has 0 saturated carbocycles. The Labute approximate surface area is 154 Å². The van der Waals surface area contributed by atoms with Crippen molar-refractivity contribution in [1.82, 2.24) is 9.80 Å². The van der Waals surface area contributed by atoms with Crippen LogP contribution in [0, 0.1) is 0 Å². The van der Waals surface area contributed by atoms with Crippen molar-refractivity contribution >= 4 is 33.2 Å². The minimum Gasteiger partial charge on any atom is -0.495 e. The molecular formula is C16H24ClN3O4S. The molecule has 1 unspecified atom stereocenters. The Hall–Kier alpha value is -1.51. The molecule has 0 aromatic heterocycles. The third kappa shape index (κ3) is 4.56. The molecule has 2 rings (SSSR count). The number of hydrogen-bond acceptors (Lipinski definition) is 5. The van der Waals surface area contributed by atoms with Gasteiger partial charge in [-0.2, -0.15) is 0 Å². The lowest BCUT2D eigenvalue weighted by Crippen LogP contribution is -2.54. The summed E-state index contributed by atoms with van der Waals surface area (Å²) in [6.45, 7) is 4.30. The van der Waals surface area contributed by atoms with Crippen molar-refractivity contribution in [3.63, 3.8) is 0 Å². The predicted octanol–water partition coefficient (Wildman–Crippen LogP) is 1.28. The number of nitrogens with zero attached hydrogens (tertiary/aromatic N) is 3. The lowest BCUT2D eigenvalue weighted by Gasteiger charge is -2.37. The van der Waals surface area contributed by atoms with Crippen LogP contribution in [0.3, 0.4) is 0 Å². The molecule has 25 heavy (non-hydrogen) atoms. The zero-order valence-electron chi connectivity index (χ0n) is 14.9. The zero-order chi connectivity index (χ0) is 18.8. The van der Waals surface area contributed by atoms with Crippen LogP contribution in [-0.4, -0.2) is 76.8 Å². The molecule has 1 aromatic rings. The first-order valence-electron chi connectivity index (χ1n) is 7.95. The molecule has 0 spiro atoms. The van der Waals surface area contributed by atoms with E-state index in [2.05, 4.69) is 4.90 Å². The van der Waals surface area contributed by atoms with Gasteiger partial charge in [0, 0.05) is 26.2 Å². The monoisotopic (exact) mass is 389 g/mol. The molecule has 140 valence electrons. The van der Waals surface area contributed by atoms with Crippen molar-refractivity contribution in [1.29, 1.82) is 0 Å². The first-order valence-corrected chi connectivity index (χ1v) is 10.2. The predicted molar refractivity (Wildman–Crippen MR) is 98.9 cm³/mol. The van der Waals surface area contributed by atoms with E-state index in [1.165, 1.54) is 13.2 Å². The van der Waals surface area contributed by atoms with Gasteiger partial charge in [-0.3, -0.25) is 9.10 Å². The minimum absolute atomic E-state index is 0.217. The van der Waals surface area contributed by atoms with Crippen LogP contribution in [0.1, 0.15) is 6.92 Å². The van der Waals surface area contributed by atoms with E-state index in [9.17, 15) is 13.2 Å². The Kier molecular flexibility index (Phi) is 6.18. The fraction of sp³-hybridized carbons (Fsp3) is 0.562. The molecule has 9 heteroatoms. The van der Waals surface area contributed by atoms with Gasteiger partial charge in [0.2, 0.25) is 15.9 Å². The summed E-state index contributed by atoms with van der Waals surface area (Å²) >= 11 is 6.13. The van der Waals surface area contributed by atoms with E-state index < -0.39 is 16.1 Å². The minimum atomic E-state index is -3.67. The van der Waals surface area contributed by atoms with Gasteiger partial charge in [0.1, 0.15) is 11.8 Å². The van der Waals surface area contributed by atoms with E-state index in [1.54, 1.807) is 24.0 Å². The quantitative estimate of drug-likeness (QED) is 0.758. The first-order chi connectivity index (χ1) is 11.6. The number of likely N-dealkylation sites (N-methyl/N-ethyl adjacent to an activating group) is 1. The largest absolute Gasteiger partial charge is 0.495 e. The van der Waals surface area contributed by atoms with Crippen molar-refractivity contribution in [2.75, 3.05) is 50.9 Å². The van der Waals surface area contributed by atoms with Crippen LogP contribution < -0.4 is 9.04 Å². The van der Waals surface area contributed by atoms with Gasteiger partial charge in [0.05, 0.1) is 24.1 Å². The molecule has 1 aliphatic rings. The fourth-order valence-corrected chi connectivity index (χ4v) is 4.30. The molecule has 0 aliphatic carbocycles. The smallest absolute Gasteiger partial charge is 0.246 e. The summed E-state index contributed by atoms with van der Waals surface area (Å²) in [4.78, 5) is 16.7. The standard InChI is InChI=1S/C16H24ClN3O4S/c1-12(16(21)19-9-7-18(2)8-10-19)20(25(4,22)23)13-5-6-15(24-3)14(17)11-13/h5-6,11-12H,7-10H2,1-4H3. The highest BCUT2D eigenvalue weighted by Crippen LogP contribution is 2.31. The second kappa shape index (κ2) is 7.80. The maximum Gasteiger partial charge on any atom is 0.246 e. The number of anilines is 1. The molecule has 1 aromatic carbocycles. The van der Waals surface area contributed by atoms with Gasteiger partial charge in [-0.1, -0.05) is 11.6 Å². The van der Waals surface area contributed by atoms with Gasteiger partial charge < -0.3 is 14.5 Å². The summed E-state index contributed by atoms with van der Waals surface area (Å²) in [7, 11) is -0.198. The van der Waals surface area contributed by atoms with Crippen LogP contribution in [0.5, 0.6) is 5.75 Å². The number of halogens is 1. The van der Waals surface area contributed by atoms with E-state index in [0.717, 1.165) is 23.7 Å². The third-order valence-corrected chi connectivity index (χ3v) is 5.81. The van der Waals surface area contributed by atoms with Crippen LogP contribution >= 0.6 is 11.6 Å². The van der Waals surface area contributed by atoms with Gasteiger partial charge in [0.25, 0.3) is 0 Å². The van der Waals surface area contributed by atoms with Gasteiger partial charge in [-0.25, -0.2) is 8.42 Å². The molecule has 0 N–H and O–H groups in total. The number of amides is 1. The summed E-state index contributed by atoms with van der Waals surface area (Å²) in [5.41, 5.74) is 0.336.